The lowest BCUT2D eigenvalue weighted by Crippen LogP contribution is -2.42. The first-order valence-corrected chi connectivity index (χ1v) is 7.49. The average molecular weight is 254 g/mol. The molecule has 1 saturated carbocycles. The molecule has 0 heterocycles. The molecule has 3 heteroatoms. The van der Waals surface area contributed by atoms with E-state index in [-0.39, 0.29) is 17.2 Å². The first-order chi connectivity index (χ1) is 8.51. The van der Waals surface area contributed by atoms with Crippen molar-refractivity contribution in [2.24, 2.45) is 23.0 Å². The minimum atomic E-state index is 0.165. The van der Waals surface area contributed by atoms with Crippen LogP contribution in [0.3, 0.4) is 0 Å². The van der Waals surface area contributed by atoms with Gasteiger partial charge in [0.25, 0.3) is 0 Å². The number of carbonyl (C=O) groups excluding carboxylic acids is 1. The molecule has 0 radical (unpaired) electrons. The highest BCUT2D eigenvalue weighted by molar-refractivity contribution is 5.79. The van der Waals surface area contributed by atoms with Gasteiger partial charge in [-0.2, -0.15) is 0 Å². The van der Waals surface area contributed by atoms with E-state index in [1.807, 2.05) is 0 Å². The van der Waals surface area contributed by atoms with Crippen LogP contribution in [-0.4, -0.2) is 19.0 Å². The van der Waals surface area contributed by atoms with E-state index in [4.69, 9.17) is 5.73 Å². The molecule has 2 atom stereocenters. The predicted octanol–water partition coefficient (Wildman–Crippen LogP) is 2.69. The van der Waals surface area contributed by atoms with Crippen molar-refractivity contribution in [3.05, 3.63) is 0 Å². The Morgan fingerprint density at radius 2 is 2.17 bits per heavy atom. The molecular formula is C15H30N2O. The fraction of sp³-hybridized carbons (Fsp3) is 0.933. The molecule has 1 aliphatic carbocycles. The summed E-state index contributed by atoms with van der Waals surface area (Å²) in [5, 5.41) is 3.15. The Morgan fingerprint density at radius 1 is 1.44 bits per heavy atom. The molecule has 1 aliphatic rings. The monoisotopic (exact) mass is 254 g/mol. The maximum atomic E-state index is 12.3. The fourth-order valence-electron chi connectivity index (χ4n) is 3.03. The number of nitrogens with two attached hydrogens (primary N) is 1. The third-order valence-corrected chi connectivity index (χ3v) is 4.54. The smallest absolute Gasteiger partial charge is 0.223 e. The zero-order chi connectivity index (χ0) is 13.6. The molecular weight excluding hydrogens is 224 g/mol. The lowest BCUT2D eigenvalue weighted by atomic mass is 9.68. The second kappa shape index (κ2) is 7.13. The van der Waals surface area contributed by atoms with E-state index < -0.39 is 0 Å². The van der Waals surface area contributed by atoms with Crippen molar-refractivity contribution < 1.29 is 4.79 Å². The normalized spacial score (nSPS) is 24.6. The van der Waals surface area contributed by atoms with E-state index in [1.165, 1.54) is 19.3 Å². The Bertz CT molecular complexity index is 263. The molecule has 0 aromatic rings. The number of hydrogen-bond donors (Lipinski definition) is 2. The first-order valence-electron chi connectivity index (χ1n) is 7.49. The zero-order valence-corrected chi connectivity index (χ0v) is 12.3. The molecule has 3 nitrogen and oxygen atoms in total. The van der Waals surface area contributed by atoms with Crippen LogP contribution in [0.4, 0.5) is 0 Å². The van der Waals surface area contributed by atoms with Gasteiger partial charge >= 0.3 is 0 Å². The molecule has 18 heavy (non-hydrogen) atoms. The molecule has 0 aliphatic heterocycles. The van der Waals surface area contributed by atoms with Crippen LogP contribution in [0.5, 0.6) is 0 Å². The minimum Gasteiger partial charge on any atom is -0.356 e. The van der Waals surface area contributed by atoms with E-state index in [2.05, 4.69) is 26.1 Å². The molecule has 0 spiro atoms. The van der Waals surface area contributed by atoms with Crippen molar-refractivity contribution in [1.82, 2.24) is 5.32 Å². The van der Waals surface area contributed by atoms with E-state index in [0.717, 1.165) is 25.8 Å². The van der Waals surface area contributed by atoms with Crippen LogP contribution >= 0.6 is 0 Å². The van der Waals surface area contributed by atoms with Gasteiger partial charge in [-0.05, 0) is 37.1 Å². The molecule has 0 aromatic heterocycles. The van der Waals surface area contributed by atoms with Crippen LogP contribution in [0.15, 0.2) is 0 Å². The number of hydrogen-bond acceptors (Lipinski definition) is 2. The van der Waals surface area contributed by atoms with E-state index in [9.17, 15) is 4.79 Å². The van der Waals surface area contributed by atoms with Crippen LogP contribution in [0.25, 0.3) is 0 Å². The SMILES string of the molecule is CCC(CCN)CNC(=O)C1CCCCC1(C)C. The van der Waals surface area contributed by atoms with E-state index >= 15 is 0 Å². The van der Waals surface area contributed by atoms with Crippen molar-refractivity contribution in [3.8, 4) is 0 Å². The zero-order valence-electron chi connectivity index (χ0n) is 12.3. The highest BCUT2D eigenvalue weighted by Gasteiger charge is 2.36. The second-order valence-corrected chi connectivity index (χ2v) is 6.38. The van der Waals surface area contributed by atoms with Crippen LogP contribution in [0.1, 0.15) is 59.3 Å². The van der Waals surface area contributed by atoms with Gasteiger partial charge in [-0.25, -0.2) is 0 Å². The standard InChI is InChI=1S/C15H30N2O/c1-4-12(8-10-16)11-17-14(18)13-7-5-6-9-15(13,2)3/h12-13H,4-11,16H2,1-3H3,(H,17,18). The van der Waals surface area contributed by atoms with Gasteiger partial charge in [0.05, 0.1) is 0 Å². The Hall–Kier alpha value is -0.570. The van der Waals surface area contributed by atoms with E-state index in [0.29, 0.717) is 12.5 Å². The summed E-state index contributed by atoms with van der Waals surface area (Å²) in [5.74, 6) is 0.988. The third-order valence-electron chi connectivity index (χ3n) is 4.54. The second-order valence-electron chi connectivity index (χ2n) is 6.38. The Morgan fingerprint density at radius 3 is 2.72 bits per heavy atom. The van der Waals surface area contributed by atoms with Crippen molar-refractivity contribution in [1.29, 1.82) is 0 Å². The molecule has 0 saturated heterocycles. The lowest BCUT2D eigenvalue weighted by molar-refractivity contribution is -0.130. The Labute approximate surface area is 112 Å². The summed E-state index contributed by atoms with van der Waals surface area (Å²) in [7, 11) is 0. The fourth-order valence-corrected chi connectivity index (χ4v) is 3.03. The molecule has 106 valence electrons. The van der Waals surface area contributed by atoms with Crippen LogP contribution in [0.2, 0.25) is 0 Å². The van der Waals surface area contributed by atoms with Gasteiger partial charge < -0.3 is 11.1 Å². The molecule has 1 rings (SSSR count). The minimum absolute atomic E-state index is 0.165. The number of amides is 1. The Kier molecular flexibility index (Phi) is 6.13. The molecule has 0 bridgehead atoms. The molecule has 3 N–H and O–H groups in total. The van der Waals surface area contributed by atoms with Gasteiger partial charge in [-0.1, -0.05) is 40.0 Å². The van der Waals surface area contributed by atoms with Crippen molar-refractivity contribution in [3.63, 3.8) is 0 Å². The van der Waals surface area contributed by atoms with Crippen molar-refractivity contribution >= 4 is 5.91 Å². The highest BCUT2D eigenvalue weighted by Crippen LogP contribution is 2.40. The van der Waals surface area contributed by atoms with Gasteiger partial charge in [-0.15, -0.1) is 0 Å². The van der Waals surface area contributed by atoms with Gasteiger partial charge in [0.15, 0.2) is 0 Å². The van der Waals surface area contributed by atoms with Gasteiger partial charge in [0.1, 0.15) is 0 Å². The summed E-state index contributed by atoms with van der Waals surface area (Å²) < 4.78 is 0. The van der Waals surface area contributed by atoms with Gasteiger partial charge in [0.2, 0.25) is 5.91 Å². The summed E-state index contributed by atoms with van der Waals surface area (Å²) in [4.78, 5) is 12.3. The van der Waals surface area contributed by atoms with E-state index in [1.54, 1.807) is 0 Å². The van der Waals surface area contributed by atoms with Crippen LogP contribution < -0.4 is 11.1 Å². The lowest BCUT2D eigenvalue weighted by Gasteiger charge is -2.37. The Balaban J connectivity index is 2.44. The summed E-state index contributed by atoms with van der Waals surface area (Å²) in [5.41, 5.74) is 5.75. The van der Waals surface area contributed by atoms with Gasteiger partial charge in [0, 0.05) is 12.5 Å². The molecule has 1 amide bonds. The average Bonchev–Trinajstić information content (AvgIpc) is 2.33. The third kappa shape index (κ3) is 4.27. The highest BCUT2D eigenvalue weighted by atomic mass is 16.1. The maximum absolute atomic E-state index is 12.3. The topological polar surface area (TPSA) is 55.1 Å². The summed E-state index contributed by atoms with van der Waals surface area (Å²) in [6, 6.07) is 0. The molecule has 1 fully saturated rings. The van der Waals surface area contributed by atoms with Crippen LogP contribution in [-0.2, 0) is 4.79 Å². The summed E-state index contributed by atoms with van der Waals surface area (Å²) in [6.07, 6.45) is 6.77. The summed E-state index contributed by atoms with van der Waals surface area (Å²) >= 11 is 0. The summed E-state index contributed by atoms with van der Waals surface area (Å²) in [6.45, 7) is 8.13. The van der Waals surface area contributed by atoms with Crippen molar-refractivity contribution in [2.45, 2.75) is 59.3 Å². The molecule has 2 unspecified atom stereocenters. The number of nitrogens with one attached hydrogen (secondary N) is 1. The van der Waals surface area contributed by atoms with Crippen LogP contribution in [0, 0.1) is 17.3 Å². The van der Waals surface area contributed by atoms with Crippen molar-refractivity contribution in [2.75, 3.05) is 13.1 Å². The van der Waals surface area contributed by atoms with Gasteiger partial charge in [-0.3, -0.25) is 4.79 Å². The number of rotatable bonds is 6. The number of carbonyl (C=O) groups is 1. The predicted molar refractivity (Wildman–Crippen MR) is 76.2 cm³/mol. The first kappa shape index (κ1) is 15.5. The quantitative estimate of drug-likeness (QED) is 0.765. The molecule has 0 aromatic carbocycles. The largest absolute Gasteiger partial charge is 0.356 e. The maximum Gasteiger partial charge on any atom is 0.223 e.